The minimum Gasteiger partial charge on any atom is -0.493 e. The lowest BCUT2D eigenvalue weighted by Crippen LogP contribution is -2.70. The van der Waals surface area contributed by atoms with Gasteiger partial charge in [-0.15, -0.1) is 0 Å². The first-order valence-corrected chi connectivity index (χ1v) is 9.49. The first-order valence-electron chi connectivity index (χ1n) is 9.49. The molecule has 3 aliphatic rings. The standard InChI is InChI=1S/C20H24N2O6/c1-4-27-18(25)15-12-9-28-14-6-5-10(2)7-11(14)16(12)22-17(24)13(8-23)21-19(26)20(15,22)3/h5-7,12-13,15-16,23H,4,8-9H2,1-3H3,(H,21,26)/t12?,13?,15?,16?,20-/m1/s1. The van der Waals surface area contributed by atoms with Crippen LogP contribution in [0.5, 0.6) is 5.75 Å². The van der Waals surface area contributed by atoms with Gasteiger partial charge in [-0.05, 0) is 26.8 Å². The summed E-state index contributed by atoms with van der Waals surface area (Å²) in [6, 6.07) is 4.15. The fourth-order valence-electron chi connectivity index (χ4n) is 4.91. The van der Waals surface area contributed by atoms with Crippen molar-refractivity contribution >= 4 is 17.8 Å². The highest BCUT2D eigenvalue weighted by molar-refractivity contribution is 6.03. The number of fused-ring (bicyclic) bond motifs is 5. The lowest BCUT2D eigenvalue weighted by Gasteiger charge is -2.45. The van der Waals surface area contributed by atoms with Gasteiger partial charge in [0, 0.05) is 11.5 Å². The van der Waals surface area contributed by atoms with Gasteiger partial charge in [0.2, 0.25) is 11.8 Å². The molecule has 1 aromatic rings. The number of carbonyl (C=O) groups excluding carboxylic acids is 3. The summed E-state index contributed by atoms with van der Waals surface area (Å²) in [6.45, 7) is 5.10. The van der Waals surface area contributed by atoms with Crippen molar-refractivity contribution in [2.24, 2.45) is 11.8 Å². The number of hydrogen-bond donors (Lipinski definition) is 2. The summed E-state index contributed by atoms with van der Waals surface area (Å²) >= 11 is 0. The maximum atomic E-state index is 13.2. The molecule has 8 nitrogen and oxygen atoms in total. The number of aliphatic hydroxyl groups is 1. The Morgan fingerprint density at radius 2 is 2.18 bits per heavy atom. The Morgan fingerprint density at radius 1 is 1.43 bits per heavy atom. The summed E-state index contributed by atoms with van der Waals surface area (Å²) in [5, 5.41) is 12.2. The van der Waals surface area contributed by atoms with Gasteiger partial charge in [-0.1, -0.05) is 17.7 Å². The first kappa shape index (κ1) is 18.7. The smallest absolute Gasteiger partial charge is 0.312 e. The van der Waals surface area contributed by atoms with Gasteiger partial charge in [-0.25, -0.2) is 0 Å². The molecular weight excluding hydrogens is 364 g/mol. The largest absolute Gasteiger partial charge is 0.493 e. The Hall–Kier alpha value is -2.61. The Labute approximate surface area is 162 Å². The molecule has 3 heterocycles. The number of ether oxygens (including phenoxy) is 2. The number of aryl methyl sites for hydroxylation is 1. The van der Waals surface area contributed by atoms with Gasteiger partial charge >= 0.3 is 5.97 Å². The number of benzene rings is 1. The summed E-state index contributed by atoms with van der Waals surface area (Å²) in [5.41, 5.74) is 0.338. The van der Waals surface area contributed by atoms with Gasteiger partial charge in [0.15, 0.2) is 0 Å². The maximum absolute atomic E-state index is 13.2. The molecule has 28 heavy (non-hydrogen) atoms. The van der Waals surface area contributed by atoms with E-state index < -0.39 is 53.8 Å². The summed E-state index contributed by atoms with van der Waals surface area (Å²) in [7, 11) is 0. The molecule has 4 rings (SSSR count). The van der Waals surface area contributed by atoms with E-state index in [9.17, 15) is 19.5 Å². The van der Waals surface area contributed by atoms with Crippen LogP contribution in [0, 0.1) is 18.8 Å². The number of aliphatic hydroxyl groups excluding tert-OH is 1. The lowest BCUT2D eigenvalue weighted by atomic mass is 9.77. The van der Waals surface area contributed by atoms with Crippen LogP contribution in [0.3, 0.4) is 0 Å². The monoisotopic (exact) mass is 388 g/mol. The van der Waals surface area contributed by atoms with Crippen molar-refractivity contribution in [2.45, 2.75) is 38.4 Å². The minimum absolute atomic E-state index is 0.175. The van der Waals surface area contributed by atoms with E-state index in [2.05, 4.69) is 5.32 Å². The average Bonchev–Trinajstić information content (AvgIpc) is 2.95. The molecule has 150 valence electrons. The molecule has 0 aromatic heterocycles. The van der Waals surface area contributed by atoms with Crippen molar-refractivity contribution in [1.82, 2.24) is 10.2 Å². The second-order valence-corrected chi connectivity index (χ2v) is 7.76. The van der Waals surface area contributed by atoms with Crippen molar-refractivity contribution in [3.05, 3.63) is 29.3 Å². The van der Waals surface area contributed by atoms with Crippen LogP contribution in [0.25, 0.3) is 0 Å². The number of hydrogen-bond acceptors (Lipinski definition) is 6. The fraction of sp³-hybridized carbons (Fsp3) is 0.550. The van der Waals surface area contributed by atoms with Gasteiger partial charge in [0.1, 0.15) is 17.3 Å². The second kappa shape index (κ2) is 6.48. The molecule has 0 bridgehead atoms. The molecule has 0 spiro atoms. The van der Waals surface area contributed by atoms with Crippen LogP contribution in [-0.4, -0.2) is 59.2 Å². The third-order valence-corrected chi connectivity index (χ3v) is 6.16. The van der Waals surface area contributed by atoms with E-state index in [1.807, 2.05) is 25.1 Å². The van der Waals surface area contributed by atoms with Gasteiger partial charge < -0.3 is 24.8 Å². The number of esters is 1. The zero-order chi connectivity index (χ0) is 20.2. The highest BCUT2D eigenvalue weighted by atomic mass is 16.5. The molecule has 5 atom stereocenters. The molecule has 2 fully saturated rings. The quantitative estimate of drug-likeness (QED) is 0.723. The van der Waals surface area contributed by atoms with E-state index in [1.54, 1.807) is 13.8 Å². The van der Waals surface area contributed by atoms with Gasteiger partial charge in [0.25, 0.3) is 0 Å². The Bertz CT molecular complexity index is 855. The number of amides is 2. The van der Waals surface area contributed by atoms with Crippen LogP contribution < -0.4 is 10.1 Å². The Balaban J connectivity index is 1.91. The summed E-state index contributed by atoms with van der Waals surface area (Å²) in [6.07, 6.45) is 0. The van der Waals surface area contributed by atoms with Crippen molar-refractivity contribution in [1.29, 1.82) is 0 Å². The van der Waals surface area contributed by atoms with Crippen molar-refractivity contribution in [3.63, 3.8) is 0 Å². The SMILES string of the molecule is CCOC(=O)C1C2COc3ccc(C)cc3C2N2C(=O)C(CO)NC(=O)[C@@]12C. The van der Waals surface area contributed by atoms with E-state index in [-0.39, 0.29) is 13.2 Å². The molecular formula is C20H24N2O6. The highest BCUT2D eigenvalue weighted by Gasteiger charge is 2.69. The molecule has 4 unspecified atom stereocenters. The average molecular weight is 388 g/mol. The van der Waals surface area contributed by atoms with Crippen LogP contribution in [-0.2, 0) is 19.1 Å². The fourth-order valence-corrected chi connectivity index (χ4v) is 4.91. The number of rotatable bonds is 3. The first-order chi connectivity index (χ1) is 13.3. The normalized spacial score (nSPS) is 33.4. The Kier molecular flexibility index (Phi) is 4.33. The van der Waals surface area contributed by atoms with Crippen LogP contribution in [0.2, 0.25) is 0 Å². The topological polar surface area (TPSA) is 105 Å². The molecule has 2 amide bonds. The number of nitrogens with one attached hydrogen (secondary N) is 1. The third-order valence-electron chi connectivity index (χ3n) is 6.16. The summed E-state index contributed by atoms with van der Waals surface area (Å²) in [4.78, 5) is 40.7. The van der Waals surface area contributed by atoms with E-state index in [1.165, 1.54) is 4.90 Å². The minimum atomic E-state index is -1.42. The van der Waals surface area contributed by atoms with Gasteiger partial charge in [0.05, 0.1) is 31.8 Å². The third kappa shape index (κ3) is 2.37. The number of piperazine rings is 1. The summed E-state index contributed by atoms with van der Waals surface area (Å²) in [5.74, 6) is -2.04. The van der Waals surface area contributed by atoms with Crippen LogP contribution in [0.4, 0.5) is 0 Å². The van der Waals surface area contributed by atoms with E-state index in [0.717, 1.165) is 11.1 Å². The highest BCUT2D eigenvalue weighted by Crippen LogP contribution is 2.56. The maximum Gasteiger partial charge on any atom is 0.312 e. The van der Waals surface area contributed by atoms with Crippen LogP contribution in [0.1, 0.15) is 31.0 Å². The van der Waals surface area contributed by atoms with Crippen molar-refractivity contribution in [3.8, 4) is 5.75 Å². The van der Waals surface area contributed by atoms with E-state index in [4.69, 9.17) is 9.47 Å². The molecule has 3 aliphatic heterocycles. The molecule has 2 saturated heterocycles. The van der Waals surface area contributed by atoms with Crippen LogP contribution >= 0.6 is 0 Å². The predicted octanol–water partition coefficient (Wildman–Crippen LogP) is 0.316. The molecule has 0 aliphatic carbocycles. The number of nitrogens with zero attached hydrogens (tertiary/aromatic N) is 1. The molecule has 0 saturated carbocycles. The summed E-state index contributed by atoms with van der Waals surface area (Å²) < 4.78 is 11.2. The zero-order valence-electron chi connectivity index (χ0n) is 16.1. The molecule has 0 radical (unpaired) electrons. The van der Waals surface area contributed by atoms with Crippen molar-refractivity contribution in [2.75, 3.05) is 19.8 Å². The molecule has 1 aromatic carbocycles. The lowest BCUT2D eigenvalue weighted by molar-refractivity contribution is -0.165. The van der Waals surface area contributed by atoms with Crippen LogP contribution in [0.15, 0.2) is 18.2 Å². The Morgan fingerprint density at radius 3 is 2.86 bits per heavy atom. The van der Waals surface area contributed by atoms with E-state index >= 15 is 0 Å². The molecule has 2 N–H and O–H groups in total. The van der Waals surface area contributed by atoms with Gasteiger partial charge in [-0.2, -0.15) is 0 Å². The van der Waals surface area contributed by atoms with Gasteiger partial charge in [-0.3, -0.25) is 14.4 Å². The van der Waals surface area contributed by atoms with Crippen molar-refractivity contribution < 1.29 is 29.0 Å². The number of carbonyl (C=O) groups is 3. The van der Waals surface area contributed by atoms with E-state index in [0.29, 0.717) is 5.75 Å². The molecule has 8 heteroatoms. The predicted molar refractivity (Wildman–Crippen MR) is 97.3 cm³/mol. The second-order valence-electron chi connectivity index (χ2n) is 7.76. The zero-order valence-corrected chi connectivity index (χ0v) is 16.1.